The van der Waals surface area contributed by atoms with Crippen molar-refractivity contribution in [3.8, 4) is 0 Å². The Morgan fingerprint density at radius 2 is 1.94 bits per heavy atom. The van der Waals surface area contributed by atoms with Gasteiger partial charge in [-0.2, -0.15) is 0 Å². The normalized spacial score (nSPS) is 12.2. The van der Waals surface area contributed by atoms with Crippen LogP contribution in [0, 0.1) is 6.92 Å². The van der Waals surface area contributed by atoms with E-state index in [1.54, 1.807) is 0 Å². The van der Waals surface area contributed by atoms with Crippen molar-refractivity contribution in [2.75, 3.05) is 18.0 Å². The minimum Gasteiger partial charge on any atom is -0.481 e. The molecule has 18 heavy (non-hydrogen) atoms. The first kappa shape index (κ1) is 14.5. The molecule has 0 aromatic heterocycles. The molecule has 0 spiro atoms. The molecule has 1 rings (SSSR count). The number of aliphatic carboxylic acids is 1. The Morgan fingerprint density at radius 1 is 1.33 bits per heavy atom. The summed E-state index contributed by atoms with van der Waals surface area (Å²) < 4.78 is 0. The predicted octanol–water partition coefficient (Wildman–Crippen LogP) is 2.05. The van der Waals surface area contributed by atoms with Crippen molar-refractivity contribution in [2.45, 2.75) is 32.8 Å². The zero-order valence-corrected chi connectivity index (χ0v) is 11.0. The summed E-state index contributed by atoms with van der Waals surface area (Å²) in [5.74, 6) is -0.821. The van der Waals surface area contributed by atoms with Crippen LogP contribution in [-0.4, -0.2) is 35.4 Å². The first-order chi connectivity index (χ1) is 8.52. The van der Waals surface area contributed by atoms with Crippen LogP contribution in [0.3, 0.4) is 0 Å². The molecule has 0 saturated carbocycles. The standard InChI is InChI=1S/C14H21NO3/c1-3-13(16)10-15(9-8-14(17)18)12-6-4-11(2)5-7-12/h4-7,13,16H,3,8-10H2,1-2H3,(H,17,18). The number of aliphatic hydroxyl groups is 1. The summed E-state index contributed by atoms with van der Waals surface area (Å²) in [6, 6.07) is 7.89. The lowest BCUT2D eigenvalue weighted by Gasteiger charge is -2.26. The number of anilines is 1. The summed E-state index contributed by atoms with van der Waals surface area (Å²) >= 11 is 0. The van der Waals surface area contributed by atoms with Crippen LogP contribution in [0.2, 0.25) is 0 Å². The number of benzene rings is 1. The number of carboxylic acid groups (broad SMARTS) is 1. The van der Waals surface area contributed by atoms with Gasteiger partial charge in [0.05, 0.1) is 12.5 Å². The monoisotopic (exact) mass is 251 g/mol. The van der Waals surface area contributed by atoms with E-state index in [0.717, 1.165) is 11.3 Å². The SMILES string of the molecule is CCC(O)CN(CCC(=O)O)c1ccc(C)cc1. The highest BCUT2D eigenvalue weighted by molar-refractivity contribution is 5.67. The van der Waals surface area contributed by atoms with Crippen LogP contribution < -0.4 is 4.90 Å². The van der Waals surface area contributed by atoms with Gasteiger partial charge >= 0.3 is 5.97 Å². The molecule has 0 aliphatic carbocycles. The molecule has 1 aromatic carbocycles. The molecule has 1 aromatic rings. The van der Waals surface area contributed by atoms with Gasteiger partial charge in [-0.15, -0.1) is 0 Å². The predicted molar refractivity (Wildman–Crippen MR) is 71.9 cm³/mol. The Labute approximate surface area is 108 Å². The summed E-state index contributed by atoms with van der Waals surface area (Å²) in [4.78, 5) is 12.6. The topological polar surface area (TPSA) is 60.8 Å². The minimum atomic E-state index is -0.821. The fourth-order valence-electron chi connectivity index (χ4n) is 1.70. The van der Waals surface area contributed by atoms with E-state index in [9.17, 15) is 9.90 Å². The van der Waals surface area contributed by atoms with Crippen LogP contribution in [0.5, 0.6) is 0 Å². The van der Waals surface area contributed by atoms with Gasteiger partial charge < -0.3 is 15.1 Å². The quantitative estimate of drug-likeness (QED) is 0.778. The van der Waals surface area contributed by atoms with Crippen molar-refractivity contribution in [1.29, 1.82) is 0 Å². The van der Waals surface area contributed by atoms with Crippen LogP contribution in [0.15, 0.2) is 24.3 Å². The number of carbonyl (C=O) groups is 1. The van der Waals surface area contributed by atoms with E-state index in [2.05, 4.69) is 0 Å². The van der Waals surface area contributed by atoms with Crippen LogP contribution in [0.25, 0.3) is 0 Å². The maximum atomic E-state index is 10.7. The summed E-state index contributed by atoms with van der Waals surface area (Å²) in [5.41, 5.74) is 2.11. The zero-order chi connectivity index (χ0) is 13.5. The number of rotatable bonds is 7. The number of hydrogen-bond acceptors (Lipinski definition) is 3. The molecule has 2 N–H and O–H groups in total. The van der Waals surface area contributed by atoms with E-state index >= 15 is 0 Å². The highest BCUT2D eigenvalue weighted by Crippen LogP contribution is 2.16. The van der Waals surface area contributed by atoms with Gasteiger partial charge in [-0.1, -0.05) is 24.6 Å². The number of aliphatic hydroxyl groups excluding tert-OH is 1. The lowest BCUT2D eigenvalue weighted by molar-refractivity contribution is -0.136. The zero-order valence-electron chi connectivity index (χ0n) is 11.0. The molecule has 0 aliphatic heterocycles. The number of aryl methyl sites for hydroxylation is 1. The Hall–Kier alpha value is -1.55. The summed E-state index contributed by atoms with van der Waals surface area (Å²) in [6.45, 7) is 4.80. The van der Waals surface area contributed by atoms with Crippen LogP contribution >= 0.6 is 0 Å². The highest BCUT2D eigenvalue weighted by atomic mass is 16.4. The van der Waals surface area contributed by atoms with Gasteiger partial charge in [0.15, 0.2) is 0 Å². The molecular weight excluding hydrogens is 230 g/mol. The van der Waals surface area contributed by atoms with Gasteiger partial charge in [0.1, 0.15) is 0 Å². The Balaban J connectivity index is 2.75. The van der Waals surface area contributed by atoms with E-state index in [4.69, 9.17) is 5.11 Å². The summed E-state index contributed by atoms with van der Waals surface area (Å²) in [7, 11) is 0. The Kier molecular flexibility index (Phi) is 5.65. The Morgan fingerprint density at radius 3 is 2.44 bits per heavy atom. The maximum absolute atomic E-state index is 10.7. The lowest BCUT2D eigenvalue weighted by atomic mass is 10.2. The van der Waals surface area contributed by atoms with Crippen LogP contribution in [0.1, 0.15) is 25.3 Å². The lowest BCUT2D eigenvalue weighted by Crippen LogP contribution is -2.33. The van der Waals surface area contributed by atoms with Crippen molar-refractivity contribution in [3.63, 3.8) is 0 Å². The highest BCUT2D eigenvalue weighted by Gasteiger charge is 2.12. The molecule has 0 aliphatic rings. The van der Waals surface area contributed by atoms with Crippen molar-refractivity contribution in [1.82, 2.24) is 0 Å². The van der Waals surface area contributed by atoms with E-state index in [1.165, 1.54) is 0 Å². The first-order valence-corrected chi connectivity index (χ1v) is 6.24. The fraction of sp³-hybridized carbons (Fsp3) is 0.500. The van der Waals surface area contributed by atoms with Gasteiger partial charge in [0, 0.05) is 18.8 Å². The molecule has 0 saturated heterocycles. The minimum absolute atomic E-state index is 0.0737. The second-order valence-electron chi connectivity index (χ2n) is 4.49. The number of hydrogen-bond donors (Lipinski definition) is 2. The van der Waals surface area contributed by atoms with Gasteiger partial charge in [-0.3, -0.25) is 4.79 Å². The van der Waals surface area contributed by atoms with Crippen molar-refractivity contribution >= 4 is 11.7 Å². The second kappa shape index (κ2) is 7.01. The fourth-order valence-corrected chi connectivity index (χ4v) is 1.70. The largest absolute Gasteiger partial charge is 0.481 e. The second-order valence-corrected chi connectivity index (χ2v) is 4.49. The molecule has 100 valence electrons. The van der Waals surface area contributed by atoms with E-state index in [1.807, 2.05) is 43.0 Å². The third-order valence-corrected chi connectivity index (χ3v) is 2.90. The average molecular weight is 251 g/mol. The molecule has 4 nitrogen and oxygen atoms in total. The van der Waals surface area contributed by atoms with E-state index < -0.39 is 12.1 Å². The molecular formula is C14H21NO3. The average Bonchev–Trinajstić information content (AvgIpc) is 2.35. The molecule has 1 unspecified atom stereocenters. The number of carboxylic acids is 1. The third-order valence-electron chi connectivity index (χ3n) is 2.90. The van der Waals surface area contributed by atoms with Gasteiger partial charge in [0.2, 0.25) is 0 Å². The van der Waals surface area contributed by atoms with Crippen LogP contribution in [0.4, 0.5) is 5.69 Å². The van der Waals surface area contributed by atoms with Gasteiger partial charge in [0.25, 0.3) is 0 Å². The number of nitrogens with zero attached hydrogens (tertiary/aromatic N) is 1. The molecule has 4 heteroatoms. The molecule has 0 fully saturated rings. The smallest absolute Gasteiger partial charge is 0.305 e. The van der Waals surface area contributed by atoms with Crippen LogP contribution in [-0.2, 0) is 4.79 Å². The van der Waals surface area contributed by atoms with Gasteiger partial charge in [-0.05, 0) is 25.5 Å². The summed E-state index contributed by atoms with van der Waals surface area (Å²) in [6.07, 6.45) is 0.305. The summed E-state index contributed by atoms with van der Waals surface area (Å²) in [5, 5.41) is 18.5. The molecule has 0 bridgehead atoms. The van der Waals surface area contributed by atoms with Crippen molar-refractivity contribution in [2.24, 2.45) is 0 Å². The molecule has 0 radical (unpaired) electrons. The van der Waals surface area contributed by atoms with E-state index in [-0.39, 0.29) is 6.42 Å². The maximum Gasteiger partial charge on any atom is 0.305 e. The van der Waals surface area contributed by atoms with E-state index in [0.29, 0.717) is 19.5 Å². The first-order valence-electron chi connectivity index (χ1n) is 6.24. The molecule has 0 heterocycles. The molecule has 0 amide bonds. The van der Waals surface area contributed by atoms with Crippen molar-refractivity contribution in [3.05, 3.63) is 29.8 Å². The van der Waals surface area contributed by atoms with Crippen molar-refractivity contribution < 1.29 is 15.0 Å². The third kappa shape index (κ3) is 4.75. The molecule has 1 atom stereocenters. The Bertz CT molecular complexity index is 375. The van der Waals surface area contributed by atoms with Gasteiger partial charge in [-0.25, -0.2) is 0 Å².